The Morgan fingerprint density at radius 2 is 0.477 bits per heavy atom. The van der Waals surface area contributed by atoms with E-state index in [9.17, 15) is 43.2 Å². The number of aliphatic hydroxyl groups excluding tert-OH is 1. The average molecular weight is 1300 g/mol. The van der Waals surface area contributed by atoms with Gasteiger partial charge in [0.15, 0.2) is 12.2 Å². The van der Waals surface area contributed by atoms with Gasteiger partial charge in [0, 0.05) is 25.7 Å². The third-order valence-corrected chi connectivity index (χ3v) is 17.7. The van der Waals surface area contributed by atoms with E-state index in [1.54, 1.807) is 0 Å². The van der Waals surface area contributed by atoms with Crippen LogP contribution in [0, 0.1) is 23.7 Å². The fourth-order valence-corrected chi connectivity index (χ4v) is 11.9. The number of phosphoric ester groups is 2. The fraction of sp³-hybridized carbons (Fsp3) is 0.942. The van der Waals surface area contributed by atoms with Crippen molar-refractivity contribution in [2.75, 3.05) is 39.6 Å². The lowest BCUT2D eigenvalue weighted by molar-refractivity contribution is -0.161. The van der Waals surface area contributed by atoms with Crippen LogP contribution < -0.4 is 0 Å². The van der Waals surface area contributed by atoms with Gasteiger partial charge in [-0.1, -0.05) is 287 Å². The van der Waals surface area contributed by atoms with Crippen LogP contribution in [0.1, 0.15) is 338 Å². The molecular weight excluding hydrogens is 1160 g/mol. The molecule has 0 amide bonds. The summed E-state index contributed by atoms with van der Waals surface area (Å²) in [5.41, 5.74) is 0. The first kappa shape index (κ1) is 86.1. The zero-order chi connectivity index (χ0) is 65.4. The van der Waals surface area contributed by atoms with Crippen molar-refractivity contribution in [2.24, 2.45) is 23.7 Å². The minimum atomic E-state index is -4.95. The summed E-state index contributed by atoms with van der Waals surface area (Å²) in [6.45, 7) is 14.0. The molecule has 0 radical (unpaired) electrons. The van der Waals surface area contributed by atoms with Crippen molar-refractivity contribution in [2.45, 2.75) is 356 Å². The summed E-state index contributed by atoms with van der Waals surface area (Å²) in [6, 6.07) is 0. The molecule has 522 valence electrons. The number of hydrogen-bond acceptors (Lipinski definition) is 15. The highest BCUT2D eigenvalue weighted by Gasteiger charge is 2.30. The van der Waals surface area contributed by atoms with Crippen LogP contribution in [0.2, 0.25) is 0 Å². The molecule has 0 rings (SSSR count). The van der Waals surface area contributed by atoms with Crippen molar-refractivity contribution in [1.29, 1.82) is 0 Å². The minimum Gasteiger partial charge on any atom is -0.462 e. The van der Waals surface area contributed by atoms with Gasteiger partial charge >= 0.3 is 39.5 Å². The van der Waals surface area contributed by atoms with E-state index < -0.39 is 97.5 Å². The third kappa shape index (κ3) is 62.8. The Morgan fingerprint density at radius 3 is 0.705 bits per heavy atom. The highest BCUT2D eigenvalue weighted by atomic mass is 31.2. The molecule has 0 aliphatic carbocycles. The smallest absolute Gasteiger partial charge is 0.462 e. The van der Waals surface area contributed by atoms with Crippen molar-refractivity contribution in [1.82, 2.24) is 0 Å². The maximum Gasteiger partial charge on any atom is 0.472 e. The lowest BCUT2D eigenvalue weighted by Gasteiger charge is -2.21. The summed E-state index contributed by atoms with van der Waals surface area (Å²) < 4.78 is 68.2. The van der Waals surface area contributed by atoms with Crippen LogP contribution in [0.3, 0.4) is 0 Å². The quantitative estimate of drug-likeness (QED) is 0.0222. The number of aliphatic hydroxyl groups is 1. The molecule has 0 aromatic heterocycles. The van der Waals surface area contributed by atoms with Crippen LogP contribution in [0.5, 0.6) is 0 Å². The van der Waals surface area contributed by atoms with Crippen LogP contribution in [0.4, 0.5) is 0 Å². The molecule has 0 aromatic carbocycles. The van der Waals surface area contributed by atoms with E-state index in [1.807, 2.05) is 0 Å². The van der Waals surface area contributed by atoms with E-state index in [0.29, 0.717) is 37.5 Å². The second-order valence-corrected chi connectivity index (χ2v) is 29.7. The van der Waals surface area contributed by atoms with Gasteiger partial charge in [0.05, 0.1) is 26.4 Å². The molecule has 0 heterocycles. The summed E-state index contributed by atoms with van der Waals surface area (Å²) in [7, 11) is -9.90. The molecule has 0 saturated carbocycles. The summed E-state index contributed by atoms with van der Waals surface area (Å²) in [5, 5.41) is 10.6. The van der Waals surface area contributed by atoms with Gasteiger partial charge in [-0.25, -0.2) is 9.13 Å². The maximum absolute atomic E-state index is 13.0. The Hall–Kier alpha value is -1.94. The van der Waals surface area contributed by atoms with Crippen LogP contribution in [0.15, 0.2) is 0 Å². The monoisotopic (exact) mass is 1300 g/mol. The average Bonchev–Trinajstić information content (AvgIpc) is 3.68. The molecule has 0 spiro atoms. The van der Waals surface area contributed by atoms with Crippen LogP contribution in [-0.2, 0) is 65.4 Å². The molecule has 0 aliphatic rings. The van der Waals surface area contributed by atoms with Gasteiger partial charge in [-0.15, -0.1) is 0 Å². The number of hydrogen-bond donors (Lipinski definition) is 3. The van der Waals surface area contributed by atoms with Crippen molar-refractivity contribution in [3.63, 3.8) is 0 Å². The molecule has 19 heteroatoms. The SMILES string of the molecule is CC(C)CCCCCCCCCCCCCCCCC(=O)OC[C@H](COP(=O)(O)OCC(O)COP(=O)(O)OC[C@@H](COC(=O)CCCCCCCCCCC(C)C)OC(=O)CCCCCCCCCC(C)C)OC(=O)CCCCCCCCCC(C)C. The second-order valence-electron chi connectivity index (χ2n) is 26.8. The molecule has 3 N–H and O–H groups in total. The summed E-state index contributed by atoms with van der Waals surface area (Å²) in [5.74, 6) is 0.782. The molecule has 0 aliphatic heterocycles. The van der Waals surface area contributed by atoms with E-state index in [1.165, 1.54) is 141 Å². The lowest BCUT2D eigenvalue weighted by atomic mass is 10.0. The minimum absolute atomic E-state index is 0.102. The molecular formula is C69H134O17P2. The lowest BCUT2D eigenvalue weighted by Crippen LogP contribution is -2.30. The fourth-order valence-electron chi connectivity index (χ4n) is 10.3. The Bertz CT molecular complexity index is 1750. The normalized spacial score (nSPS) is 14.3. The number of carbonyl (C=O) groups is 4. The highest BCUT2D eigenvalue weighted by Crippen LogP contribution is 2.45. The van der Waals surface area contributed by atoms with Crippen LogP contribution in [0.25, 0.3) is 0 Å². The zero-order valence-electron chi connectivity index (χ0n) is 57.3. The second kappa shape index (κ2) is 58.8. The number of unbranched alkanes of at least 4 members (excludes halogenated alkanes) is 32. The third-order valence-electron chi connectivity index (χ3n) is 15.8. The zero-order valence-corrected chi connectivity index (χ0v) is 59.1. The van der Waals surface area contributed by atoms with Crippen molar-refractivity contribution in [3.8, 4) is 0 Å². The largest absolute Gasteiger partial charge is 0.472 e. The van der Waals surface area contributed by atoms with E-state index in [0.717, 1.165) is 102 Å². The summed E-state index contributed by atoms with van der Waals surface area (Å²) in [6.07, 6.45) is 40.6. The molecule has 88 heavy (non-hydrogen) atoms. The number of ether oxygens (including phenoxy) is 4. The highest BCUT2D eigenvalue weighted by molar-refractivity contribution is 7.47. The van der Waals surface area contributed by atoms with Gasteiger partial charge in [0.1, 0.15) is 19.3 Å². The molecule has 5 atom stereocenters. The summed E-state index contributed by atoms with van der Waals surface area (Å²) >= 11 is 0. The van der Waals surface area contributed by atoms with Gasteiger partial charge in [-0.05, 0) is 49.4 Å². The Kier molecular flexibility index (Phi) is 57.6. The van der Waals surface area contributed by atoms with Gasteiger partial charge in [-0.3, -0.25) is 37.3 Å². The number of esters is 4. The van der Waals surface area contributed by atoms with Crippen LogP contribution in [-0.4, -0.2) is 96.7 Å². The van der Waals surface area contributed by atoms with Gasteiger partial charge in [0.2, 0.25) is 0 Å². The summed E-state index contributed by atoms with van der Waals surface area (Å²) in [4.78, 5) is 72.4. The predicted octanol–water partition coefficient (Wildman–Crippen LogP) is 19.3. The molecule has 0 aromatic rings. The first-order chi connectivity index (χ1) is 42.1. The van der Waals surface area contributed by atoms with E-state index in [-0.39, 0.29) is 25.7 Å². The molecule has 17 nitrogen and oxygen atoms in total. The van der Waals surface area contributed by atoms with E-state index in [2.05, 4.69) is 55.4 Å². The van der Waals surface area contributed by atoms with E-state index in [4.69, 9.17) is 37.0 Å². The topological polar surface area (TPSA) is 237 Å². The van der Waals surface area contributed by atoms with E-state index >= 15 is 0 Å². The predicted molar refractivity (Wildman–Crippen MR) is 354 cm³/mol. The Balaban J connectivity index is 5.19. The van der Waals surface area contributed by atoms with Crippen molar-refractivity contribution in [3.05, 3.63) is 0 Å². The van der Waals surface area contributed by atoms with Crippen molar-refractivity contribution < 1.29 is 80.2 Å². The molecule has 0 fully saturated rings. The molecule has 0 bridgehead atoms. The van der Waals surface area contributed by atoms with Gasteiger partial charge < -0.3 is 33.8 Å². The first-order valence-corrected chi connectivity index (χ1v) is 38.7. The van der Waals surface area contributed by atoms with Gasteiger partial charge in [0.25, 0.3) is 0 Å². The van der Waals surface area contributed by atoms with Crippen molar-refractivity contribution >= 4 is 39.5 Å². The molecule has 0 saturated heterocycles. The standard InChI is InChI=1S/C69H134O17P2/c1-59(2)45-37-29-21-15-13-11-9-10-12-14-16-25-33-41-49-66(71)79-55-64(85-68(73)51-43-35-27-19-23-31-39-47-61(5)6)57-83-87(75,76)81-53-63(70)54-82-88(77,78)84-58-65(86-69(74)52-44-36-28-20-24-32-40-48-62(7)8)56-80-67(72)50-42-34-26-18-17-22-30-38-46-60(3)4/h59-65,70H,9-58H2,1-8H3,(H,75,76)(H,77,78)/t63?,64-,65-/m1/s1. The Morgan fingerprint density at radius 1 is 0.284 bits per heavy atom. The van der Waals surface area contributed by atoms with Crippen LogP contribution >= 0.6 is 15.6 Å². The maximum atomic E-state index is 13.0. The number of rotatable bonds is 66. The van der Waals surface area contributed by atoms with Gasteiger partial charge in [-0.2, -0.15) is 0 Å². The first-order valence-electron chi connectivity index (χ1n) is 35.7. The Labute approximate surface area is 537 Å². The number of phosphoric acid groups is 2. The molecule has 3 unspecified atom stereocenters. The number of carbonyl (C=O) groups excluding carboxylic acids is 4.